The summed E-state index contributed by atoms with van der Waals surface area (Å²) in [6.45, 7) is 0.165. The lowest BCUT2D eigenvalue weighted by molar-refractivity contribution is 0.210. The number of nitrogens with zero attached hydrogens (tertiary/aromatic N) is 2. The molecule has 0 aliphatic carbocycles. The molecule has 2 heterocycles. The van der Waals surface area contributed by atoms with Gasteiger partial charge in [-0.3, -0.25) is 0 Å². The standard InChI is InChI=1S/C25H22FN3O3S/c26-19-2-1-3-20(13-19)33(31,32)29-11-10-21-24(15-30)28-23-9-8-18(12-22(23)25(21)29)17-6-4-16(14-27)5-7-17/h1-9,12-13,21,24-25,28,30H,10-11,15H2/t21-,24-,25-/m1/s1. The highest BCUT2D eigenvalue weighted by Crippen LogP contribution is 2.49. The monoisotopic (exact) mass is 463 g/mol. The highest BCUT2D eigenvalue weighted by Gasteiger charge is 2.48. The average molecular weight is 464 g/mol. The quantitative estimate of drug-likeness (QED) is 0.612. The molecule has 1 saturated heterocycles. The Hall–Kier alpha value is -3.25. The summed E-state index contributed by atoms with van der Waals surface area (Å²) in [5, 5.41) is 22.4. The van der Waals surface area contributed by atoms with E-state index in [1.165, 1.54) is 22.5 Å². The van der Waals surface area contributed by atoms with Gasteiger partial charge in [0.1, 0.15) is 5.82 Å². The van der Waals surface area contributed by atoms with E-state index in [0.29, 0.717) is 12.0 Å². The number of nitriles is 1. The zero-order chi connectivity index (χ0) is 23.2. The Labute approximate surface area is 192 Å². The van der Waals surface area contributed by atoms with Gasteiger partial charge in [0.25, 0.3) is 0 Å². The van der Waals surface area contributed by atoms with Crippen LogP contribution in [0.1, 0.15) is 23.6 Å². The number of sulfonamides is 1. The summed E-state index contributed by atoms with van der Waals surface area (Å²) in [6.07, 6.45) is 0.581. The van der Waals surface area contributed by atoms with Crippen LogP contribution in [0.4, 0.5) is 10.1 Å². The van der Waals surface area contributed by atoms with Gasteiger partial charge in [0.2, 0.25) is 10.0 Å². The zero-order valence-corrected chi connectivity index (χ0v) is 18.5. The molecule has 0 saturated carbocycles. The largest absolute Gasteiger partial charge is 0.394 e. The summed E-state index contributed by atoms with van der Waals surface area (Å²) in [4.78, 5) is -0.0768. The van der Waals surface area contributed by atoms with Crippen LogP contribution in [0.5, 0.6) is 0 Å². The first-order valence-electron chi connectivity index (χ1n) is 10.7. The van der Waals surface area contributed by atoms with Gasteiger partial charge in [0.05, 0.1) is 35.2 Å². The van der Waals surface area contributed by atoms with Crippen LogP contribution >= 0.6 is 0 Å². The van der Waals surface area contributed by atoms with E-state index >= 15 is 0 Å². The molecule has 3 aromatic carbocycles. The molecule has 6 nitrogen and oxygen atoms in total. The van der Waals surface area contributed by atoms with Crippen LogP contribution in [0.3, 0.4) is 0 Å². The van der Waals surface area contributed by atoms with Gasteiger partial charge in [0.15, 0.2) is 0 Å². The number of nitrogens with one attached hydrogen (secondary N) is 1. The van der Waals surface area contributed by atoms with E-state index in [4.69, 9.17) is 5.26 Å². The third kappa shape index (κ3) is 3.68. The van der Waals surface area contributed by atoms with Crippen molar-refractivity contribution >= 4 is 15.7 Å². The summed E-state index contributed by atoms with van der Waals surface area (Å²) in [6, 6.07) is 19.4. The second-order valence-electron chi connectivity index (χ2n) is 8.40. The Morgan fingerprint density at radius 3 is 2.55 bits per heavy atom. The van der Waals surface area contributed by atoms with Crippen LogP contribution in [0, 0.1) is 23.1 Å². The minimum absolute atomic E-state index is 0.0768. The smallest absolute Gasteiger partial charge is 0.243 e. The lowest BCUT2D eigenvalue weighted by Crippen LogP contribution is -2.42. The number of hydrogen-bond donors (Lipinski definition) is 2. The van der Waals surface area contributed by atoms with E-state index in [0.717, 1.165) is 28.4 Å². The molecule has 0 bridgehead atoms. The summed E-state index contributed by atoms with van der Waals surface area (Å²) in [7, 11) is -3.94. The van der Waals surface area contributed by atoms with E-state index in [1.807, 2.05) is 30.3 Å². The Kier molecular flexibility index (Phi) is 5.41. The fourth-order valence-corrected chi connectivity index (χ4v) is 6.67. The van der Waals surface area contributed by atoms with Gasteiger partial charge in [-0.25, -0.2) is 12.8 Å². The molecule has 33 heavy (non-hydrogen) atoms. The lowest BCUT2D eigenvalue weighted by Gasteiger charge is -2.39. The van der Waals surface area contributed by atoms with Crippen LogP contribution in [-0.4, -0.2) is 37.0 Å². The van der Waals surface area contributed by atoms with Gasteiger partial charge in [-0.15, -0.1) is 0 Å². The van der Waals surface area contributed by atoms with E-state index in [-0.39, 0.29) is 30.0 Å². The summed E-state index contributed by atoms with van der Waals surface area (Å²) >= 11 is 0. The van der Waals surface area contributed by atoms with Crippen LogP contribution in [0.2, 0.25) is 0 Å². The van der Waals surface area contributed by atoms with Gasteiger partial charge in [-0.2, -0.15) is 9.57 Å². The first-order chi connectivity index (χ1) is 15.9. The third-order valence-electron chi connectivity index (χ3n) is 6.57. The molecule has 0 spiro atoms. The molecule has 0 amide bonds. The van der Waals surface area contributed by atoms with Crippen molar-refractivity contribution in [3.05, 3.63) is 83.7 Å². The third-order valence-corrected chi connectivity index (χ3v) is 8.45. The maximum absolute atomic E-state index is 13.8. The molecule has 3 atom stereocenters. The molecule has 5 rings (SSSR count). The molecule has 2 aliphatic rings. The molecule has 0 radical (unpaired) electrons. The van der Waals surface area contributed by atoms with Crippen LogP contribution in [0.15, 0.2) is 71.6 Å². The van der Waals surface area contributed by atoms with Crippen molar-refractivity contribution in [2.75, 3.05) is 18.5 Å². The second-order valence-corrected chi connectivity index (χ2v) is 10.3. The van der Waals surface area contributed by atoms with E-state index in [9.17, 15) is 17.9 Å². The molecule has 3 aromatic rings. The number of benzene rings is 3. The molecule has 0 unspecified atom stereocenters. The maximum Gasteiger partial charge on any atom is 0.243 e. The number of anilines is 1. The molecule has 2 N–H and O–H groups in total. The molecular weight excluding hydrogens is 441 g/mol. The van der Waals surface area contributed by atoms with Gasteiger partial charge >= 0.3 is 0 Å². The van der Waals surface area contributed by atoms with Gasteiger partial charge in [-0.05, 0) is 65.6 Å². The number of aliphatic hydroxyl groups excluding tert-OH is 1. The Morgan fingerprint density at radius 1 is 1.09 bits per heavy atom. The van der Waals surface area contributed by atoms with Gasteiger partial charge in [-0.1, -0.05) is 24.3 Å². The molecule has 2 aliphatic heterocycles. The highest BCUT2D eigenvalue weighted by molar-refractivity contribution is 7.89. The van der Waals surface area contributed by atoms with Crippen molar-refractivity contribution in [2.24, 2.45) is 5.92 Å². The minimum Gasteiger partial charge on any atom is -0.394 e. The number of fused-ring (bicyclic) bond motifs is 3. The Balaban J connectivity index is 1.60. The number of aliphatic hydroxyl groups is 1. The fraction of sp³-hybridized carbons (Fsp3) is 0.240. The lowest BCUT2D eigenvalue weighted by atomic mass is 9.82. The Morgan fingerprint density at radius 2 is 1.85 bits per heavy atom. The summed E-state index contributed by atoms with van der Waals surface area (Å²) < 4.78 is 42.3. The van der Waals surface area contributed by atoms with Gasteiger partial charge in [0, 0.05) is 18.2 Å². The Bertz CT molecular complexity index is 1350. The van der Waals surface area contributed by atoms with Crippen molar-refractivity contribution in [3.63, 3.8) is 0 Å². The highest BCUT2D eigenvalue weighted by atomic mass is 32.2. The predicted molar refractivity (Wildman–Crippen MR) is 122 cm³/mol. The van der Waals surface area contributed by atoms with Crippen LogP contribution in [-0.2, 0) is 10.0 Å². The molecule has 1 fully saturated rings. The zero-order valence-electron chi connectivity index (χ0n) is 17.6. The number of rotatable bonds is 4. The van der Waals surface area contributed by atoms with E-state index in [2.05, 4.69) is 11.4 Å². The maximum atomic E-state index is 13.8. The predicted octanol–water partition coefficient (Wildman–Crippen LogP) is 3.90. The first-order valence-corrected chi connectivity index (χ1v) is 12.2. The van der Waals surface area contributed by atoms with Crippen molar-refractivity contribution < 1.29 is 17.9 Å². The normalized spacial score (nSPS) is 22.2. The van der Waals surface area contributed by atoms with Crippen LogP contribution in [0.25, 0.3) is 11.1 Å². The molecule has 168 valence electrons. The second kappa shape index (κ2) is 8.27. The molecule has 0 aromatic heterocycles. The van der Waals surface area contributed by atoms with Crippen molar-refractivity contribution in [1.29, 1.82) is 5.26 Å². The minimum atomic E-state index is -3.94. The summed E-state index contributed by atoms with van der Waals surface area (Å²) in [5.74, 6) is -0.726. The first kappa shape index (κ1) is 21.6. The van der Waals surface area contributed by atoms with Gasteiger partial charge < -0.3 is 10.4 Å². The molecule has 8 heteroatoms. The number of halogens is 1. The van der Waals surface area contributed by atoms with Crippen molar-refractivity contribution in [3.8, 4) is 17.2 Å². The average Bonchev–Trinajstić information content (AvgIpc) is 3.30. The fourth-order valence-electron chi connectivity index (χ4n) is 4.97. The van der Waals surface area contributed by atoms with Crippen LogP contribution < -0.4 is 5.32 Å². The van der Waals surface area contributed by atoms with E-state index in [1.54, 1.807) is 12.1 Å². The van der Waals surface area contributed by atoms with Crippen molar-refractivity contribution in [2.45, 2.75) is 23.4 Å². The molecular formula is C25H22FN3O3S. The SMILES string of the molecule is N#Cc1ccc(-c2ccc3c(c2)[C@H]2[C@H](CCN2S(=O)(=O)c2cccc(F)c2)[C@@H](CO)N3)cc1. The van der Waals surface area contributed by atoms with E-state index < -0.39 is 21.9 Å². The topological polar surface area (TPSA) is 93.4 Å². The summed E-state index contributed by atoms with van der Waals surface area (Å²) in [5.41, 5.74) is 3.97. The number of hydrogen-bond acceptors (Lipinski definition) is 5. The van der Waals surface area contributed by atoms with Crippen molar-refractivity contribution in [1.82, 2.24) is 4.31 Å².